The zero-order valence-corrected chi connectivity index (χ0v) is 15.2. The highest BCUT2D eigenvalue weighted by Crippen LogP contribution is 2.32. The lowest BCUT2D eigenvalue weighted by Crippen LogP contribution is -2.04. The lowest BCUT2D eigenvalue weighted by Gasteiger charge is -2.07. The van der Waals surface area contributed by atoms with Gasteiger partial charge in [0.25, 0.3) is 0 Å². The Hall–Kier alpha value is -2.57. The van der Waals surface area contributed by atoms with E-state index in [4.69, 9.17) is 16.3 Å². The third kappa shape index (κ3) is 2.81. The van der Waals surface area contributed by atoms with Gasteiger partial charge in [0.1, 0.15) is 12.4 Å². The van der Waals surface area contributed by atoms with E-state index in [1.807, 2.05) is 24.3 Å². The van der Waals surface area contributed by atoms with Crippen molar-refractivity contribution in [2.24, 2.45) is 0 Å². The summed E-state index contributed by atoms with van der Waals surface area (Å²) >= 11 is 5.62. The van der Waals surface area contributed by atoms with Gasteiger partial charge in [-0.25, -0.2) is 8.42 Å². The molecule has 0 atom stereocenters. The number of aromatic nitrogens is 2. The Morgan fingerprint density at radius 2 is 1.81 bits per heavy atom. The minimum absolute atomic E-state index is 0.00717. The highest BCUT2D eigenvalue weighted by Gasteiger charge is 2.25. The molecule has 0 unspecified atom stereocenters. The van der Waals surface area contributed by atoms with Crippen LogP contribution in [0.15, 0.2) is 70.6 Å². The summed E-state index contributed by atoms with van der Waals surface area (Å²) in [5.74, 6) is 0.984. The molecule has 5 nitrogen and oxygen atoms in total. The van der Waals surface area contributed by atoms with E-state index in [0.717, 1.165) is 5.39 Å². The SMILES string of the molecule is O=S(=O)(c1cccc2ccccc12)c1n[nH]c2cc(OCCCl)ccc12. The molecule has 0 aliphatic heterocycles. The first-order valence-corrected chi connectivity index (χ1v) is 10.0. The van der Waals surface area contributed by atoms with Gasteiger partial charge in [0.05, 0.1) is 16.3 Å². The lowest BCUT2D eigenvalue weighted by atomic mass is 10.1. The first-order valence-electron chi connectivity index (χ1n) is 8.01. The molecule has 0 bridgehead atoms. The number of benzene rings is 3. The lowest BCUT2D eigenvalue weighted by molar-refractivity contribution is 0.343. The van der Waals surface area contributed by atoms with Crippen LogP contribution in [-0.2, 0) is 9.84 Å². The predicted molar refractivity (Wildman–Crippen MR) is 102 cm³/mol. The highest BCUT2D eigenvalue weighted by molar-refractivity contribution is 7.91. The molecule has 3 aromatic carbocycles. The van der Waals surface area contributed by atoms with Crippen LogP contribution in [0.1, 0.15) is 0 Å². The Labute approximate surface area is 155 Å². The molecular formula is C19H15ClN2O3S. The normalized spacial score (nSPS) is 11.9. The van der Waals surface area contributed by atoms with Gasteiger partial charge in [0.2, 0.25) is 9.84 Å². The molecular weight excluding hydrogens is 372 g/mol. The van der Waals surface area contributed by atoms with E-state index in [1.54, 1.807) is 36.4 Å². The van der Waals surface area contributed by atoms with Crippen LogP contribution < -0.4 is 4.74 Å². The van der Waals surface area contributed by atoms with Gasteiger partial charge in [-0.3, -0.25) is 5.10 Å². The van der Waals surface area contributed by atoms with Crippen molar-refractivity contribution in [3.8, 4) is 5.75 Å². The van der Waals surface area contributed by atoms with E-state index in [-0.39, 0.29) is 9.92 Å². The van der Waals surface area contributed by atoms with Gasteiger partial charge >= 0.3 is 0 Å². The topological polar surface area (TPSA) is 72.0 Å². The summed E-state index contributed by atoms with van der Waals surface area (Å²) < 4.78 is 32.0. The Balaban J connectivity index is 1.85. The van der Waals surface area contributed by atoms with E-state index in [0.29, 0.717) is 34.5 Å². The minimum Gasteiger partial charge on any atom is -0.492 e. The van der Waals surface area contributed by atoms with Crippen LogP contribution in [0, 0.1) is 0 Å². The van der Waals surface area contributed by atoms with Crippen LogP contribution in [-0.4, -0.2) is 31.1 Å². The fourth-order valence-electron chi connectivity index (χ4n) is 2.96. The number of aromatic amines is 1. The Morgan fingerprint density at radius 3 is 2.65 bits per heavy atom. The van der Waals surface area contributed by atoms with Gasteiger partial charge < -0.3 is 4.74 Å². The number of fused-ring (bicyclic) bond motifs is 2. The van der Waals surface area contributed by atoms with Gasteiger partial charge in [-0.05, 0) is 23.6 Å². The molecule has 0 saturated carbocycles. The van der Waals surface area contributed by atoms with Gasteiger partial charge in [-0.15, -0.1) is 11.6 Å². The number of H-pyrrole nitrogens is 1. The van der Waals surface area contributed by atoms with Gasteiger partial charge in [0, 0.05) is 16.8 Å². The number of hydrogen-bond acceptors (Lipinski definition) is 4. The van der Waals surface area contributed by atoms with Crippen LogP contribution in [0.3, 0.4) is 0 Å². The van der Waals surface area contributed by atoms with Crippen molar-refractivity contribution in [3.05, 3.63) is 60.7 Å². The largest absolute Gasteiger partial charge is 0.492 e. The molecule has 26 heavy (non-hydrogen) atoms. The molecule has 1 aromatic heterocycles. The molecule has 0 aliphatic rings. The molecule has 0 fully saturated rings. The Morgan fingerprint density at radius 1 is 1.00 bits per heavy atom. The molecule has 4 rings (SSSR count). The number of alkyl halides is 1. The number of rotatable bonds is 5. The zero-order chi connectivity index (χ0) is 18.1. The Kier molecular flexibility index (Phi) is 4.30. The van der Waals surface area contributed by atoms with Crippen LogP contribution in [0.25, 0.3) is 21.7 Å². The monoisotopic (exact) mass is 386 g/mol. The van der Waals surface area contributed by atoms with Gasteiger partial charge in [-0.2, -0.15) is 5.10 Å². The summed E-state index contributed by atoms with van der Waals surface area (Å²) in [6.45, 7) is 0.377. The number of nitrogens with one attached hydrogen (secondary N) is 1. The number of sulfone groups is 1. The smallest absolute Gasteiger partial charge is 0.226 e. The van der Waals surface area contributed by atoms with Crippen molar-refractivity contribution in [1.82, 2.24) is 10.2 Å². The fraction of sp³-hybridized carbons (Fsp3) is 0.105. The predicted octanol–water partition coefficient (Wildman–Crippen LogP) is 4.17. The van der Waals surface area contributed by atoms with Gasteiger partial charge in [0.15, 0.2) is 5.03 Å². The van der Waals surface area contributed by atoms with Crippen molar-refractivity contribution in [2.45, 2.75) is 9.92 Å². The van der Waals surface area contributed by atoms with Crippen LogP contribution in [0.2, 0.25) is 0 Å². The first kappa shape index (κ1) is 16.9. The average Bonchev–Trinajstić information content (AvgIpc) is 3.10. The molecule has 0 amide bonds. The Bertz CT molecular complexity index is 1200. The number of nitrogens with zero attached hydrogens (tertiary/aromatic N) is 1. The summed E-state index contributed by atoms with van der Waals surface area (Å²) in [5, 5.41) is 8.94. The van der Waals surface area contributed by atoms with E-state index in [1.165, 1.54) is 0 Å². The zero-order valence-electron chi connectivity index (χ0n) is 13.6. The van der Waals surface area contributed by atoms with Crippen molar-refractivity contribution >= 4 is 43.1 Å². The van der Waals surface area contributed by atoms with Gasteiger partial charge in [-0.1, -0.05) is 36.4 Å². The van der Waals surface area contributed by atoms with Crippen molar-refractivity contribution < 1.29 is 13.2 Å². The summed E-state index contributed by atoms with van der Waals surface area (Å²) in [5.41, 5.74) is 0.593. The molecule has 0 spiro atoms. The highest BCUT2D eigenvalue weighted by atomic mass is 35.5. The second-order valence-corrected chi connectivity index (χ2v) is 7.97. The van der Waals surface area contributed by atoms with E-state index < -0.39 is 9.84 Å². The third-order valence-electron chi connectivity index (χ3n) is 4.14. The third-order valence-corrected chi connectivity index (χ3v) is 6.05. The maximum atomic E-state index is 13.2. The molecule has 7 heteroatoms. The fourth-order valence-corrected chi connectivity index (χ4v) is 4.61. The quantitative estimate of drug-likeness (QED) is 0.522. The van der Waals surface area contributed by atoms with E-state index in [2.05, 4.69) is 10.2 Å². The van der Waals surface area contributed by atoms with Crippen molar-refractivity contribution in [3.63, 3.8) is 0 Å². The second-order valence-electron chi connectivity index (χ2n) is 5.75. The van der Waals surface area contributed by atoms with E-state index >= 15 is 0 Å². The van der Waals surface area contributed by atoms with Crippen LogP contribution >= 0.6 is 11.6 Å². The molecule has 4 aromatic rings. The summed E-state index contributed by atoms with van der Waals surface area (Å²) in [4.78, 5) is 0.242. The minimum atomic E-state index is -3.78. The summed E-state index contributed by atoms with van der Waals surface area (Å²) in [7, 11) is -3.78. The molecule has 0 saturated heterocycles. The van der Waals surface area contributed by atoms with Crippen molar-refractivity contribution in [2.75, 3.05) is 12.5 Å². The molecule has 0 radical (unpaired) electrons. The second kappa shape index (κ2) is 6.63. The maximum absolute atomic E-state index is 13.2. The number of hydrogen-bond donors (Lipinski definition) is 1. The molecule has 132 valence electrons. The number of halogens is 1. The molecule has 0 aliphatic carbocycles. The standard InChI is InChI=1S/C19H15ClN2O3S/c20-10-11-25-14-8-9-16-17(12-14)21-22-19(16)26(23,24)18-7-3-5-13-4-1-2-6-15(13)18/h1-9,12H,10-11H2,(H,21,22). The average molecular weight is 387 g/mol. The van der Waals surface area contributed by atoms with Crippen molar-refractivity contribution in [1.29, 1.82) is 0 Å². The number of ether oxygens (including phenoxy) is 1. The molecule has 1 heterocycles. The van der Waals surface area contributed by atoms with Crippen LogP contribution in [0.5, 0.6) is 5.75 Å². The van der Waals surface area contributed by atoms with E-state index in [9.17, 15) is 8.42 Å². The first-order chi connectivity index (χ1) is 12.6. The van der Waals surface area contributed by atoms with Crippen LogP contribution in [0.4, 0.5) is 0 Å². The maximum Gasteiger partial charge on any atom is 0.226 e. The summed E-state index contributed by atoms with van der Waals surface area (Å²) in [6, 6.07) is 17.8. The molecule has 1 N–H and O–H groups in total. The summed E-state index contributed by atoms with van der Waals surface area (Å²) in [6.07, 6.45) is 0.